The molecule has 0 radical (unpaired) electrons. The highest BCUT2D eigenvalue weighted by atomic mass is 79.9. The number of rotatable bonds is 7. The van der Waals surface area contributed by atoms with Gasteiger partial charge >= 0.3 is 5.97 Å². The Kier molecular flexibility index (Phi) is 6.96. The second kappa shape index (κ2) is 9.14. The number of hydrogen-bond donors (Lipinski definition) is 1. The van der Waals surface area contributed by atoms with E-state index in [2.05, 4.69) is 29.8 Å². The molecule has 34 heavy (non-hydrogen) atoms. The molecule has 0 aliphatic heterocycles. The summed E-state index contributed by atoms with van der Waals surface area (Å²) in [5, 5.41) is 9.88. The third kappa shape index (κ3) is 4.88. The van der Waals surface area contributed by atoms with Crippen LogP contribution in [-0.4, -0.2) is 27.0 Å². The van der Waals surface area contributed by atoms with Gasteiger partial charge in [0.1, 0.15) is 0 Å². The normalized spacial score (nSPS) is 12.4. The zero-order chi connectivity index (χ0) is 25.6. The van der Waals surface area contributed by atoms with Gasteiger partial charge in [0.25, 0.3) is 0 Å². The van der Waals surface area contributed by atoms with Crippen molar-refractivity contribution in [2.24, 2.45) is 10.8 Å². The van der Waals surface area contributed by atoms with E-state index in [0.29, 0.717) is 27.9 Å². The van der Waals surface area contributed by atoms with Crippen molar-refractivity contribution in [3.05, 3.63) is 75.0 Å². The van der Waals surface area contributed by atoms with Gasteiger partial charge in [0.05, 0.1) is 16.6 Å². The molecule has 0 saturated heterocycles. The third-order valence-electron chi connectivity index (χ3n) is 6.16. The molecule has 0 bridgehead atoms. The highest BCUT2D eigenvalue weighted by Crippen LogP contribution is 2.37. The number of hydrogen-bond acceptors (Lipinski definition) is 3. The number of carboxylic acids is 1. The molecular weight excluding hydrogens is 494 g/mol. The Hall–Kier alpha value is -2.73. The van der Waals surface area contributed by atoms with Crippen molar-refractivity contribution in [3.8, 4) is 0 Å². The molecule has 0 saturated carbocycles. The highest BCUT2D eigenvalue weighted by Gasteiger charge is 2.37. The van der Waals surface area contributed by atoms with Crippen molar-refractivity contribution in [1.29, 1.82) is 0 Å². The number of carboxylic acid groups (broad SMARTS) is 1. The lowest BCUT2D eigenvalue weighted by Crippen LogP contribution is -2.29. The van der Waals surface area contributed by atoms with Crippen LogP contribution in [0, 0.1) is 10.8 Å². The molecule has 6 heteroatoms. The van der Waals surface area contributed by atoms with Gasteiger partial charge in [-0.05, 0) is 73.7 Å². The summed E-state index contributed by atoms with van der Waals surface area (Å²) in [6.07, 6.45) is 1.88. The molecule has 2 aromatic heterocycles. The lowest BCUT2D eigenvalue weighted by molar-refractivity contribution is -0.146. The smallest absolute Gasteiger partial charge is 0.309 e. The van der Waals surface area contributed by atoms with Crippen LogP contribution >= 0.6 is 15.9 Å². The van der Waals surface area contributed by atoms with E-state index in [0.717, 1.165) is 10.0 Å². The van der Waals surface area contributed by atoms with E-state index in [4.69, 9.17) is 0 Å². The second-order valence-electron chi connectivity index (χ2n) is 10.9. The van der Waals surface area contributed by atoms with Crippen LogP contribution in [0.5, 0.6) is 0 Å². The Morgan fingerprint density at radius 1 is 1.00 bits per heavy atom. The third-order valence-corrected chi connectivity index (χ3v) is 6.69. The Labute approximate surface area is 209 Å². The lowest BCUT2D eigenvalue weighted by Gasteiger charge is -2.22. The van der Waals surface area contributed by atoms with Gasteiger partial charge in [0.2, 0.25) is 5.78 Å². The number of ketones is 2. The van der Waals surface area contributed by atoms with Crippen molar-refractivity contribution in [2.45, 2.75) is 60.8 Å². The zero-order valence-corrected chi connectivity index (χ0v) is 22.4. The van der Waals surface area contributed by atoms with Gasteiger partial charge in [-0.15, -0.1) is 0 Å². The maximum Gasteiger partial charge on any atom is 0.309 e. The summed E-state index contributed by atoms with van der Waals surface area (Å²) in [5.41, 5.74) is 1.53. The average Bonchev–Trinajstić information content (AvgIpc) is 3.04. The molecule has 1 aromatic carbocycles. The van der Waals surface area contributed by atoms with E-state index >= 15 is 0 Å². The predicted octanol–water partition coefficient (Wildman–Crippen LogP) is 6.94. The van der Waals surface area contributed by atoms with Gasteiger partial charge in [-0.1, -0.05) is 50.5 Å². The average molecular weight is 526 g/mol. The summed E-state index contributed by atoms with van der Waals surface area (Å²) >= 11 is 3.40. The van der Waals surface area contributed by atoms with E-state index in [9.17, 15) is 19.5 Å². The van der Waals surface area contributed by atoms with E-state index in [1.54, 1.807) is 42.5 Å². The number of carbonyl (C=O) groups excluding carboxylic acids is 2. The number of pyridine rings is 1. The maximum atomic E-state index is 13.9. The second-order valence-corrected chi connectivity index (χ2v) is 11.8. The zero-order valence-electron chi connectivity index (χ0n) is 20.8. The fraction of sp³-hybridized carbons (Fsp3) is 0.393. The van der Waals surface area contributed by atoms with Crippen molar-refractivity contribution in [1.82, 2.24) is 4.40 Å². The molecule has 0 atom stereocenters. The van der Waals surface area contributed by atoms with Crippen LogP contribution in [0.25, 0.3) is 5.52 Å². The number of fused-ring (bicyclic) bond motifs is 1. The lowest BCUT2D eigenvalue weighted by atomic mass is 9.79. The van der Waals surface area contributed by atoms with Crippen molar-refractivity contribution in [3.63, 3.8) is 0 Å². The molecule has 3 aromatic rings. The van der Waals surface area contributed by atoms with E-state index in [1.165, 1.54) is 0 Å². The molecule has 1 N–H and O–H groups in total. The van der Waals surface area contributed by atoms with E-state index in [1.807, 2.05) is 39.1 Å². The first kappa shape index (κ1) is 25.9. The molecule has 0 spiro atoms. The maximum absolute atomic E-state index is 13.9. The SMILES string of the molecule is CC(C)c1ccn2c(C(=O)c3ccc(Br)cc3)c(CC(C)(C)C(=O)O)c(C(=O)C(C)(C)C)c2c1. The van der Waals surface area contributed by atoms with E-state index in [-0.39, 0.29) is 23.9 Å². The Morgan fingerprint density at radius 3 is 2.09 bits per heavy atom. The van der Waals surface area contributed by atoms with Crippen LogP contribution in [0.1, 0.15) is 91.9 Å². The van der Waals surface area contributed by atoms with Gasteiger partial charge in [0, 0.05) is 27.2 Å². The minimum Gasteiger partial charge on any atom is -0.481 e. The standard InChI is InChI=1S/C28H32BrNO4/c1-16(2)18-12-13-30-21(14-18)22(25(32)27(3,4)5)20(15-28(6,7)26(33)34)23(30)24(31)17-8-10-19(29)11-9-17/h8-14,16H,15H2,1-7H3,(H,33,34). The molecule has 0 fully saturated rings. The van der Waals surface area contributed by atoms with Gasteiger partial charge in [-0.2, -0.15) is 0 Å². The molecule has 5 nitrogen and oxygen atoms in total. The molecule has 0 aliphatic carbocycles. The van der Waals surface area contributed by atoms with Crippen molar-refractivity contribution < 1.29 is 19.5 Å². The highest BCUT2D eigenvalue weighted by molar-refractivity contribution is 9.10. The van der Waals surface area contributed by atoms with E-state index < -0.39 is 16.8 Å². The molecule has 0 amide bonds. The number of aliphatic carboxylic acids is 1. The Bertz CT molecular complexity index is 1270. The van der Waals surface area contributed by atoms with Gasteiger partial charge in [0.15, 0.2) is 5.78 Å². The first-order chi connectivity index (χ1) is 15.6. The first-order valence-electron chi connectivity index (χ1n) is 11.4. The minimum absolute atomic E-state index is 0.0514. The molecule has 0 aliphatic rings. The van der Waals surface area contributed by atoms with Crippen LogP contribution in [0.2, 0.25) is 0 Å². The van der Waals surface area contributed by atoms with Crippen LogP contribution in [0.3, 0.4) is 0 Å². The molecule has 2 heterocycles. The van der Waals surface area contributed by atoms with Gasteiger partial charge in [-0.25, -0.2) is 0 Å². The number of aromatic nitrogens is 1. The van der Waals surface area contributed by atoms with Crippen LogP contribution in [0.4, 0.5) is 0 Å². The predicted molar refractivity (Wildman–Crippen MR) is 138 cm³/mol. The number of halogens is 1. The summed E-state index contributed by atoms with van der Waals surface area (Å²) < 4.78 is 2.61. The summed E-state index contributed by atoms with van der Waals surface area (Å²) in [6.45, 7) is 12.9. The summed E-state index contributed by atoms with van der Waals surface area (Å²) in [5.74, 6) is -1.12. The van der Waals surface area contributed by atoms with Crippen LogP contribution in [-0.2, 0) is 11.2 Å². The van der Waals surface area contributed by atoms with Crippen LogP contribution in [0.15, 0.2) is 47.1 Å². The quantitative estimate of drug-likeness (QED) is 0.339. The molecule has 180 valence electrons. The summed E-state index contributed by atoms with van der Waals surface area (Å²) in [6, 6.07) is 11.0. The Morgan fingerprint density at radius 2 is 1.59 bits per heavy atom. The number of nitrogens with zero attached hydrogens (tertiary/aromatic N) is 1. The minimum atomic E-state index is -1.17. The monoisotopic (exact) mass is 525 g/mol. The number of carbonyl (C=O) groups is 3. The van der Waals surface area contributed by atoms with Gasteiger partial charge in [-0.3, -0.25) is 14.4 Å². The fourth-order valence-corrected chi connectivity index (χ4v) is 4.25. The Balaban J connectivity index is 2.45. The van der Waals surface area contributed by atoms with Crippen molar-refractivity contribution in [2.75, 3.05) is 0 Å². The molecule has 0 unspecified atom stereocenters. The topological polar surface area (TPSA) is 75.8 Å². The number of benzene rings is 1. The first-order valence-corrected chi connectivity index (χ1v) is 12.2. The fourth-order valence-electron chi connectivity index (χ4n) is 3.98. The molecule has 3 rings (SSSR count). The van der Waals surface area contributed by atoms with Crippen LogP contribution < -0.4 is 0 Å². The number of Topliss-reactive ketones (excluding diaryl/α,β-unsaturated/α-hetero) is 1. The summed E-state index contributed by atoms with van der Waals surface area (Å²) in [4.78, 5) is 39.7. The van der Waals surface area contributed by atoms with Gasteiger partial charge < -0.3 is 9.51 Å². The largest absolute Gasteiger partial charge is 0.481 e. The van der Waals surface area contributed by atoms with Crippen molar-refractivity contribution >= 4 is 39.0 Å². The molecular formula is C28H32BrNO4. The summed E-state index contributed by atoms with van der Waals surface area (Å²) in [7, 11) is 0.